The third kappa shape index (κ3) is 9.97. The van der Waals surface area contributed by atoms with Crippen molar-refractivity contribution in [2.75, 3.05) is 7.11 Å². The molecule has 4 heteroatoms. The molecule has 0 aliphatic carbocycles. The van der Waals surface area contributed by atoms with E-state index in [4.69, 9.17) is 16.3 Å². The molecule has 150 valence electrons. The maximum absolute atomic E-state index is 11.6. The van der Waals surface area contributed by atoms with Gasteiger partial charge in [-0.25, -0.2) is 4.79 Å². The molecule has 1 rings (SSSR count). The van der Waals surface area contributed by atoms with Crippen LogP contribution >= 0.6 is 22.9 Å². The van der Waals surface area contributed by atoms with E-state index in [-0.39, 0.29) is 5.97 Å². The molecule has 0 unspecified atom stereocenters. The van der Waals surface area contributed by atoms with E-state index in [1.807, 2.05) is 6.07 Å². The van der Waals surface area contributed by atoms with E-state index < -0.39 is 0 Å². The number of thiophene rings is 1. The van der Waals surface area contributed by atoms with Crippen molar-refractivity contribution in [1.29, 1.82) is 0 Å². The molecule has 0 spiro atoms. The quantitative estimate of drug-likeness (QED) is 0.160. The van der Waals surface area contributed by atoms with Gasteiger partial charge in [0.05, 0.1) is 7.11 Å². The first kappa shape index (κ1) is 23.5. The molecule has 1 aromatic rings. The van der Waals surface area contributed by atoms with Gasteiger partial charge in [-0.15, -0.1) is 22.9 Å². The Balaban J connectivity index is 2.02. The predicted molar refractivity (Wildman–Crippen MR) is 115 cm³/mol. The molecule has 0 atom stereocenters. The van der Waals surface area contributed by atoms with Crippen molar-refractivity contribution in [3.05, 3.63) is 21.4 Å². The normalized spacial score (nSPS) is 11.0. The molecular weight excluding hydrogens is 364 g/mol. The van der Waals surface area contributed by atoms with E-state index >= 15 is 0 Å². The number of hydrogen-bond donors (Lipinski definition) is 0. The summed E-state index contributed by atoms with van der Waals surface area (Å²) >= 11 is 7.55. The van der Waals surface area contributed by atoms with Gasteiger partial charge in [0, 0.05) is 10.8 Å². The summed E-state index contributed by atoms with van der Waals surface area (Å²) in [5.74, 6) is 0.222. The summed E-state index contributed by atoms with van der Waals surface area (Å²) in [5.41, 5.74) is 1.09. The molecule has 0 fully saturated rings. The Morgan fingerprint density at radius 1 is 0.923 bits per heavy atom. The number of ether oxygens (including phenoxy) is 1. The molecule has 2 nitrogen and oxygen atoms in total. The number of alkyl halides is 1. The van der Waals surface area contributed by atoms with Crippen LogP contribution in [0.15, 0.2) is 6.07 Å². The molecule has 0 bridgehead atoms. The number of aryl methyl sites for hydroxylation is 1. The Bertz CT molecular complexity index is 484. The zero-order valence-electron chi connectivity index (χ0n) is 16.8. The topological polar surface area (TPSA) is 26.3 Å². The number of halogens is 1. The van der Waals surface area contributed by atoms with Gasteiger partial charge in [0.2, 0.25) is 0 Å². The molecule has 0 aliphatic heterocycles. The van der Waals surface area contributed by atoms with Crippen LogP contribution in [-0.2, 0) is 17.0 Å². The van der Waals surface area contributed by atoms with E-state index in [2.05, 4.69) is 6.92 Å². The van der Waals surface area contributed by atoms with Gasteiger partial charge in [0.1, 0.15) is 4.88 Å². The second-order valence-corrected chi connectivity index (χ2v) is 8.58. The van der Waals surface area contributed by atoms with Crippen molar-refractivity contribution in [2.45, 2.75) is 103 Å². The smallest absolute Gasteiger partial charge is 0.348 e. The summed E-state index contributed by atoms with van der Waals surface area (Å²) in [5, 5.41) is 0. The summed E-state index contributed by atoms with van der Waals surface area (Å²) in [6.45, 7) is 2.27. The van der Waals surface area contributed by atoms with Crippen molar-refractivity contribution in [2.24, 2.45) is 0 Å². The second kappa shape index (κ2) is 15.5. The molecule has 1 heterocycles. The standard InChI is InChI=1S/C22H37ClO2S/c1-3-4-5-6-7-8-9-10-11-12-13-14-15-16-20-19(18-23)17-21(26-20)22(24)25-2/h17H,3-16,18H2,1-2H3. The number of carbonyl (C=O) groups is 1. The molecule has 0 radical (unpaired) electrons. The van der Waals surface area contributed by atoms with Crippen LogP contribution in [-0.4, -0.2) is 13.1 Å². The van der Waals surface area contributed by atoms with Crippen molar-refractivity contribution in [3.63, 3.8) is 0 Å². The van der Waals surface area contributed by atoms with Gasteiger partial charge in [0.25, 0.3) is 0 Å². The van der Waals surface area contributed by atoms with Gasteiger partial charge in [0.15, 0.2) is 0 Å². The van der Waals surface area contributed by atoms with E-state index in [0.717, 1.165) is 12.0 Å². The molecule has 0 aromatic carbocycles. The third-order valence-electron chi connectivity index (χ3n) is 4.93. The maximum atomic E-state index is 11.6. The van der Waals surface area contributed by atoms with Crippen LogP contribution in [0.25, 0.3) is 0 Å². The first-order valence-electron chi connectivity index (χ1n) is 10.5. The zero-order chi connectivity index (χ0) is 19.0. The first-order valence-corrected chi connectivity index (χ1v) is 11.8. The molecule has 0 saturated carbocycles. The molecule has 0 saturated heterocycles. The lowest BCUT2D eigenvalue weighted by Crippen LogP contribution is -1.96. The molecule has 1 aromatic heterocycles. The average molecular weight is 401 g/mol. The SMILES string of the molecule is CCCCCCCCCCCCCCCc1sc(C(=O)OC)cc1CCl. The number of carbonyl (C=O) groups excluding carboxylic acids is 1. The van der Waals surface area contributed by atoms with Gasteiger partial charge in [-0.05, 0) is 24.5 Å². The van der Waals surface area contributed by atoms with Crippen molar-refractivity contribution in [1.82, 2.24) is 0 Å². The van der Waals surface area contributed by atoms with E-state index in [1.165, 1.54) is 95.5 Å². The highest BCUT2D eigenvalue weighted by Gasteiger charge is 2.14. The van der Waals surface area contributed by atoms with Crippen molar-refractivity contribution >= 4 is 28.9 Å². The molecule has 0 amide bonds. The fourth-order valence-corrected chi connectivity index (χ4v) is 4.76. The van der Waals surface area contributed by atoms with E-state index in [9.17, 15) is 4.79 Å². The molecule has 0 N–H and O–H groups in total. The van der Waals surface area contributed by atoms with Gasteiger partial charge < -0.3 is 4.74 Å². The Kier molecular flexibility index (Phi) is 14.0. The van der Waals surface area contributed by atoms with E-state index in [1.54, 1.807) is 11.3 Å². The maximum Gasteiger partial charge on any atom is 0.348 e. The highest BCUT2D eigenvalue weighted by atomic mass is 35.5. The molecular formula is C22H37ClO2S. The van der Waals surface area contributed by atoms with Gasteiger partial charge in [-0.1, -0.05) is 84.0 Å². The van der Waals surface area contributed by atoms with Crippen LogP contribution in [0.2, 0.25) is 0 Å². The largest absolute Gasteiger partial charge is 0.465 e. The lowest BCUT2D eigenvalue weighted by molar-refractivity contribution is 0.0606. The van der Waals surface area contributed by atoms with Gasteiger partial charge >= 0.3 is 5.97 Å². The number of rotatable bonds is 16. The Morgan fingerprint density at radius 2 is 1.42 bits per heavy atom. The van der Waals surface area contributed by atoms with Crippen LogP contribution < -0.4 is 0 Å². The van der Waals surface area contributed by atoms with Gasteiger partial charge in [-0.3, -0.25) is 0 Å². The molecule has 0 aliphatic rings. The summed E-state index contributed by atoms with van der Waals surface area (Å²) in [4.78, 5) is 13.6. The minimum atomic E-state index is -0.252. The predicted octanol–water partition coefficient (Wildman–Crippen LogP) is 7.91. The fourth-order valence-electron chi connectivity index (χ4n) is 3.30. The number of hydrogen-bond acceptors (Lipinski definition) is 3. The van der Waals surface area contributed by atoms with Crippen molar-refractivity contribution in [3.8, 4) is 0 Å². The number of methoxy groups -OCH3 is 1. The summed E-state index contributed by atoms with van der Waals surface area (Å²) in [6, 6.07) is 1.89. The average Bonchev–Trinajstić information content (AvgIpc) is 3.08. The van der Waals surface area contributed by atoms with E-state index in [0.29, 0.717) is 10.8 Å². The summed E-state index contributed by atoms with van der Waals surface area (Å²) in [7, 11) is 1.43. The van der Waals surface area contributed by atoms with Crippen molar-refractivity contribution < 1.29 is 9.53 Å². The highest BCUT2D eigenvalue weighted by Crippen LogP contribution is 2.27. The Hall–Kier alpha value is -0.540. The molecule has 26 heavy (non-hydrogen) atoms. The number of unbranched alkanes of at least 4 members (excludes halogenated alkanes) is 12. The lowest BCUT2D eigenvalue weighted by atomic mass is 10.0. The van der Waals surface area contributed by atoms with Gasteiger partial charge in [-0.2, -0.15) is 0 Å². The summed E-state index contributed by atoms with van der Waals surface area (Å²) < 4.78 is 4.80. The number of esters is 1. The minimum Gasteiger partial charge on any atom is -0.465 e. The zero-order valence-corrected chi connectivity index (χ0v) is 18.4. The monoisotopic (exact) mass is 400 g/mol. The fraction of sp³-hybridized carbons (Fsp3) is 0.773. The lowest BCUT2D eigenvalue weighted by Gasteiger charge is -2.03. The first-order chi connectivity index (χ1) is 12.7. The van der Waals surface area contributed by atoms with Crippen LogP contribution in [0, 0.1) is 0 Å². The third-order valence-corrected chi connectivity index (χ3v) is 6.44. The van der Waals surface area contributed by atoms with Crippen LogP contribution in [0.3, 0.4) is 0 Å². The van der Waals surface area contributed by atoms with Crippen LogP contribution in [0.4, 0.5) is 0 Å². The summed E-state index contributed by atoms with van der Waals surface area (Å²) in [6.07, 6.45) is 18.8. The van der Waals surface area contributed by atoms with Crippen LogP contribution in [0.5, 0.6) is 0 Å². The second-order valence-electron chi connectivity index (χ2n) is 7.18. The van der Waals surface area contributed by atoms with Crippen LogP contribution in [0.1, 0.15) is 111 Å². The minimum absolute atomic E-state index is 0.252. The highest BCUT2D eigenvalue weighted by molar-refractivity contribution is 7.14. The Morgan fingerprint density at radius 3 is 1.88 bits per heavy atom. The Labute approximate surface area is 169 Å².